The summed E-state index contributed by atoms with van der Waals surface area (Å²) in [5.41, 5.74) is 0.594. The van der Waals surface area contributed by atoms with Gasteiger partial charge < -0.3 is 15.4 Å². The zero-order valence-electron chi connectivity index (χ0n) is 12.4. The molecule has 0 aliphatic heterocycles. The lowest BCUT2D eigenvalue weighted by Gasteiger charge is -2.10. The second-order valence-electron chi connectivity index (χ2n) is 4.46. The molecular weight excluding hydrogens is 286 g/mol. The van der Waals surface area contributed by atoms with Crippen LogP contribution in [0.1, 0.15) is 13.8 Å². The first-order valence-corrected chi connectivity index (χ1v) is 6.78. The molecule has 0 atom stereocenters. The molecule has 0 unspecified atom stereocenters. The predicted molar refractivity (Wildman–Crippen MR) is 80.6 cm³/mol. The summed E-state index contributed by atoms with van der Waals surface area (Å²) in [4.78, 5) is 22.9. The summed E-state index contributed by atoms with van der Waals surface area (Å²) in [5.74, 6) is 0.388. The summed E-state index contributed by atoms with van der Waals surface area (Å²) in [7, 11) is 0. The van der Waals surface area contributed by atoms with E-state index in [-0.39, 0.29) is 18.4 Å². The van der Waals surface area contributed by atoms with E-state index in [9.17, 15) is 9.59 Å². The van der Waals surface area contributed by atoms with Gasteiger partial charge in [-0.15, -0.1) is 5.10 Å². The van der Waals surface area contributed by atoms with Crippen LogP contribution in [0.4, 0.5) is 11.5 Å². The van der Waals surface area contributed by atoms with E-state index in [4.69, 9.17) is 4.74 Å². The number of anilines is 2. The number of aromatic nitrogens is 3. The standard InChI is InChI=1S/C14H17N5O3/c1-3-22-12-7-5-4-6-11(12)16-14(21)9-19-8-13(17-18-19)15-10(2)20/h4-8H,3,9H2,1-2H3,(H,15,20)(H,16,21). The maximum atomic E-state index is 12.0. The highest BCUT2D eigenvalue weighted by atomic mass is 16.5. The largest absolute Gasteiger partial charge is 0.492 e. The number of carbonyl (C=O) groups is 2. The number of ether oxygens (including phenoxy) is 1. The Kier molecular flexibility index (Phi) is 5.07. The van der Waals surface area contributed by atoms with E-state index < -0.39 is 0 Å². The maximum Gasteiger partial charge on any atom is 0.246 e. The van der Waals surface area contributed by atoms with Crippen LogP contribution in [-0.4, -0.2) is 33.4 Å². The van der Waals surface area contributed by atoms with Crippen LogP contribution in [0.5, 0.6) is 5.75 Å². The Bertz CT molecular complexity index is 668. The molecule has 0 aliphatic carbocycles. The molecule has 2 amide bonds. The quantitative estimate of drug-likeness (QED) is 0.837. The molecule has 2 rings (SSSR count). The Labute approximate surface area is 127 Å². The number of rotatable bonds is 6. The summed E-state index contributed by atoms with van der Waals surface area (Å²) in [6, 6.07) is 7.18. The molecule has 2 N–H and O–H groups in total. The molecule has 0 fully saturated rings. The van der Waals surface area contributed by atoms with Crippen molar-refractivity contribution in [3.05, 3.63) is 30.5 Å². The number of benzene rings is 1. The van der Waals surface area contributed by atoms with Gasteiger partial charge in [0.05, 0.1) is 18.5 Å². The van der Waals surface area contributed by atoms with E-state index in [2.05, 4.69) is 20.9 Å². The number of hydrogen-bond donors (Lipinski definition) is 2. The molecule has 2 aromatic rings. The summed E-state index contributed by atoms with van der Waals surface area (Å²) in [5, 5.41) is 12.8. The fourth-order valence-electron chi connectivity index (χ4n) is 1.80. The summed E-state index contributed by atoms with van der Waals surface area (Å²) >= 11 is 0. The van der Waals surface area contributed by atoms with E-state index in [0.29, 0.717) is 23.9 Å². The monoisotopic (exact) mass is 303 g/mol. The second-order valence-corrected chi connectivity index (χ2v) is 4.46. The van der Waals surface area contributed by atoms with Gasteiger partial charge in [-0.25, -0.2) is 4.68 Å². The molecule has 1 aromatic carbocycles. The number of nitrogens with one attached hydrogen (secondary N) is 2. The summed E-state index contributed by atoms with van der Waals surface area (Å²) in [6.07, 6.45) is 1.48. The van der Waals surface area contributed by atoms with Crippen molar-refractivity contribution in [1.29, 1.82) is 0 Å². The number of hydrogen-bond acceptors (Lipinski definition) is 5. The van der Waals surface area contributed by atoms with Gasteiger partial charge in [-0.1, -0.05) is 17.3 Å². The van der Waals surface area contributed by atoms with E-state index in [1.165, 1.54) is 17.8 Å². The minimum Gasteiger partial charge on any atom is -0.492 e. The molecule has 22 heavy (non-hydrogen) atoms. The molecule has 8 nitrogen and oxygen atoms in total. The minimum atomic E-state index is -0.272. The van der Waals surface area contributed by atoms with Gasteiger partial charge in [0.2, 0.25) is 11.8 Å². The maximum absolute atomic E-state index is 12.0. The zero-order chi connectivity index (χ0) is 15.9. The van der Waals surface area contributed by atoms with Gasteiger partial charge in [-0.05, 0) is 19.1 Å². The van der Waals surface area contributed by atoms with Crippen LogP contribution in [0.3, 0.4) is 0 Å². The average Bonchev–Trinajstić information content (AvgIpc) is 2.87. The Morgan fingerprint density at radius 1 is 1.27 bits per heavy atom. The third-order valence-corrected chi connectivity index (χ3v) is 2.61. The highest BCUT2D eigenvalue weighted by Gasteiger charge is 2.10. The van der Waals surface area contributed by atoms with Gasteiger partial charge in [-0.2, -0.15) is 0 Å². The van der Waals surface area contributed by atoms with Crippen molar-refractivity contribution in [3.63, 3.8) is 0 Å². The van der Waals surface area contributed by atoms with E-state index >= 15 is 0 Å². The van der Waals surface area contributed by atoms with Gasteiger partial charge in [0.25, 0.3) is 0 Å². The predicted octanol–water partition coefficient (Wildman–Crippen LogP) is 1.27. The van der Waals surface area contributed by atoms with Crippen LogP contribution >= 0.6 is 0 Å². The lowest BCUT2D eigenvalue weighted by Crippen LogP contribution is -2.19. The van der Waals surface area contributed by atoms with Gasteiger partial charge in [-0.3, -0.25) is 9.59 Å². The molecule has 0 saturated heterocycles. The van der Waals surface area contributed by atoms with Crippen molar-refractivity contribution >= 4 is 23.3 Å². The Morgan fingerprint density at radius 3 is 2.77 bits per heavy atom. The molecule has 1 heterocycles. The van der Waals surface area contributed by atoms with Gasteiger partial charge in [0, 0.05) is 6.92 Å². The molecule has 0 bridgehead atoms. The highest BCUT2D eigenvalue weighted by Crippen LogP contribution is 2.23. The van der Waals surface area contributed by atoms with E-state index in [0.717, 1.165) is 0 Å². The fourth-order valence-corrected chi connectivity index (χ4v) is 1.80. The molecule has 0 aliphatic rings. The Morgan fingerprint density at radius 2 is 2.05 bits per heavy atom. The average molecular weight is 303 g/mol. The van der Waals surface area contributed by atoms with Crippen molar-refractivity contribution in [1.82, 2.24) is 15.0 Å². The van der Waals surface area contributed by atoms with Crippen molar-refractivity contribution < 1.29 is 14.3 Å². The van der Waals surface area contributed by atoms with Gasteiger partial charge in [0.15, 0.2) is 5.82 Å². The van der Waals surface area contributed by atoms with Crippen molar-refractivity contribution in [2.24, 2.45) is 0 Å². The normalized spacial score (nSPS) is 10.1. The number of carbonyl (C=O) groups excluding carboxylic acids is 2. The van der Waals surface area contributed by atoms with E-state index in [1.54, 1.807) is 12.1 Å². The molecule has 0 radical (unpaired) electrons. The Hall–Kier alpha value is -2.90. The first-order valence-electron chi connectivity index (χ1n) is 6.78. The molecular formula is C14H17N5O3. The molecule has 8 heteroatoms. The topological polar surface area (TPSA) is 98.1 Å². The third kappa shape index (κ3) is 4.30. The van der Waals surface area contributed by atoms with Crippen LogP contribution in [0, 0.1) is 0 Å². The first kappa shape index (κ1) is 15.5. The van der Waals surface area contributed by atoms with E-state index in [1.807, 2.05) is 19.1 Å². The van der Waals surface area contributed by atoms with Crippen LogP contribution in [0.15, 0.2) is 30.5 Å². The molecule has 116 valence electrons. The number of amides is 2. The minimum absolute atomic E-state index is 0.0208. The van der Waals surface area contributed by atoms with Crippen LogP contribution < -0.4 is 15.4 Å². The van der Waals surface area contributed by atoms with Gasteiger partial charge in [0.1, 0.15) is 12.3 Å². The lowest BCUT2D eigenvalue weighted by molar-refractivity contribution is -0.117. The second kappa shape index (κ2) is 7.21. The highest BCUT2D eigenvalue weighted by molar-refractivity contribution is 5.92. The number of para-hydroxylation sites is 2. The number of nitrogens with zero attached hydrogens (tertiary/aromatic N) is 3. The smallest absolute Gasteiger partial charge is 0.246 e. The summed E-state index contributed by atoms with van der Waals surface area (Å²) < 4.78 is 6.78. The SMILES string of the molecule is CCOc1ccccc1NC(=O)Cn1cc(NC(C)=O)nn1. The van der Waals surface area contributed by atoms with Crippen LogP contribution in [0.25, 0.3) is 0 Å². The molecule has 1 aromatic heterocycles. The third-order valence-electron chi connectivity index (χ3n) is 2.61. The molecule has 0 spiro atoms. The van der Waals surface area contributed by atoms with Crippen LogP contribution in [-0.2, 0) is 16.1 Å². The van der Waals surface area contributed by atoms with Crippen molar-refractivity contribution in [2.45, 2.75) is 20.4 Å². The van der Waals surface area contributed by atoms with Crippen molar-refractivity contribution in [2.75, 3.05) is 17.2 Å². The summed E-state index contributed by atoms with van der Waals surface area (Å²) in [6.45, 7) is 3.73. The van der Waals surface area contributed by atoms with Crippen molar-refractivity contribution in [3.8, 4) is 5.75 Å². The lowest BCUT2D eigenvalue weighted by atomic mass is 10.3. The van der Waals surface area contributed by atoms with Gasteiger partial charge >= 0.3 is 0 Å². The zero-order valence-corrected chi connectivity index (χ0v) is 12.4. The first-order chi connectivity index (χ1) is 10.6. The van der Waals surface area contributed by atoms with Crippen LogP contribution in [0.2, 0.25) is 0 Å². The molecule has 0 saturated carbocycles. The Balaban J connectivity index is 1.98. The fraction of sp³-hybridized carbons (Fsp3) is 0.286.